The predicted octanol–water partition coefficient (Wildman–Crippen LogP) is 2.29. The maximum atomic E-state index is 12.3. The summed E-state index contributed by atoms with van der Waals surface area (Å²) in [7, 11) is 0. The molecule has 0 unspecified atom stereocenters. The highest BCUT2D eigenvalue weighted by atomic mass is 32.2. The topological polar surface area (TPSA) is 64.1 Å². The Morgan fingerprint density at radius 1 is 1.27 bits per heavy atom. The standard InChI is InChI=1S/C16H17N3O2S/c20-15(19-10-12-4-1-2-7-17-12)14-5-3-8-18-16(14)21-13-6-9-22-11-13/h1-5,7-8,13H,6,9-11H2,(H,19,20)/t13-/m1/s1. The average molecular weight is 315 g/mol. The molecule has 1 aliphatic heterocycles. The van der Waals surface area contributed by atoms with Gasteiger partial charge < -0.3 is 10.1 Å². The molecule has 1 saturated heterocycles. The molecule has 0 aliphatic carbocycles. The number of pyridine rings is 2. The molecular formula is C16H17N3O2S. The predicted molar refractivity (Wildman–Crippen MR) is 86.0 cm³/mol. The van der Waals surface area contributed by atoms with Crippen molar-refractivity contribution in [3.63, 3.8) is 0 Å². The summed E-state index contributed by atoms with van der Waals surface area (Å²) >= 11 is 1.86. The lowest BCUT2D eigenvalue weighted by atomic mass is 10.2. The molecule has 2 aromatic heterocycles. The van der Waals surface area contributed by atoms with Gasteiger partial charge in [-0.3, -0.25) is 9.78 Å². The monoisotopic (exact) mass is 315 g/mol. The van der Waals surface area contributed by atoms with Crippen LogP contribution in [0.15, 0.2) is 42.7 Å². The van der Waals surface area contributed by atoms with Crippen molar-refractivity contribution in [1.82, 2.24) is 15.3 Å². The number of nitrogens with zero attached hydrogens (tertiary/aromatic N) is 2. The van der Waals surface area contributed by atoms with Crippen LogP contribution >= 0.6 is 11.8 Å². The maximum absolute atomic E-state index is 12.3. The zero-order valence-corrected chi connectivity index (χ0v) is 12.9. The van der Waals surface area contributed by atoms with Crippen molar-refractivity contribution >= 4 is 17.7 Å². The van der Waals surface area contributed by atoms with E-state index in [0.717, 1.165) is 23.6 Å². The molecule has 0 radical (unpaired) electrons. The Labute approximate surface area is 133 Å². The highest BCUT2D eigenvalue weighted by molar-refractivity contribution is 7.99. The lowest BCUT2D eigenvalue weighted by Crippen LogP contribution is -2.25. The lowest BCUT2D eigenvalue weighted by molar-refractivity contribution is 0.0942. The summed E-state index contributed by atoms with van der Waals surface area (Å²) in [6.07, 6.45) is 4.49. The highest BCUT2D eigenvalue weighted by Gasteiger charge is 2.21. The van der Waals surface area contributed by atoms with Crippen molar-refractivity contribution in [3.8, 4) is 5.88 Å². The normalized spacial score (nSPS) is 17.2. The zero-order valence-electron chi connectivity index (χ0n) is 12.1. The van der Waals surface area contributed by atoms with Gasteiger partial charge >= 0.3 is 0 Å². The molecule has 0 aromatic carbocycles. The second kappa shape index (κ2) is 7.26. The van der Waals surface area contributed by atoms with Gasteiger partial charge in [0.2, 0.25) is 5.88 Å². The molecule has 3 rings (SSSR count). The van der Waals surface area contributed by atoms with Crippen LogP contribution in [0.4, 0.5) is 0 Å². The molecule has 5 nitrogen and oxygen atoms in total. The number of hydrogen-bond acceptors (Lipinski definition) is 5. The molecule has 1 amide bonds. The number of carbonyl (C=O) groups excluding carboxylic acids is 1. The highest BCUT2D eigenvalue weighted by Crippen LogP contribution is 2.24. The Balaban J connectivity index is 1.66. The Hall–Kier alpha value is -2.08. The molecule has 0 spiro atoms. The quantitative estimate of drug-likeness (QED) is 0.917. The Kier molecular flexibility index (Phi) is 4.90. The molecular weight excluding hydrogens is 298 g/mol. The van der Waals surface area contributed by atoms with Crippen molar-refractivity contribution in [2.24, 2.45) is 0 Å². The molecule has 3 heterocycles. The second-order valence-electron chi connectivity index (χ2n) is 4.96. The van der Waals surface area contributed by atoms with Gasteiger partial charge in [0, 0.05) is 18.1 Å². The molecule has 1 aliphatic rings. The fourth-order valence-electron chi connectivity index (χ4n) is 2.19. The van der Waals surface area contributed by atoms with Gasteiger partial charge in [-0.25, -0.2) is 4.98 Å². The Morgan fingerprint density at radius 3 is 2.95 bits per heavy atom. The summed E-state index contributed by atoms with van der Waals surface area (Å²) in [5.74, 6) is 2.26. The number of hydrogen-bond donors (Lipinski definition) is 1. The van der Waals surface area contributed by atoms with Crippen LogP contribution in [0, 0.1) is 0 Å². The first-order valence-corrected chi connectivity index (χ1v) is 8.36. The zero-order chi connectivity index (χ0) is 15.2. The molecule has 114 valence electrons. The van der Waals surface area contributed by atoms with Crippen molar-refractivity contribution in [3.05, 3.63) is 54.0 Å². The lowest BCUT2D eigenvalue weighted by Gasteiger charge is -2.14. The Morgan fingerprint density at radius 2 is 2.18 bits per heavy atom. The first-order valence-electron chi connectivity index (χ1n) is 7.20. The van der Waals surface area contributed by atoms with E-state index >= 15 is 0 Å². The molecule has 22 heavy (non-hydrogen) atoms. The third kappa shape index (κ3) is 3.76. The number of rotatable bonds is 5. The van der Waals surface area contributed by atoms with Crippen molar-refractivity contribution in [2.75, 3.05) is 11.5 Å². The summed E-state index contributed by atoms with van der Waals surface area (Å²) in [6, 6.07) is 9.09. The molecule has 1 atom stereocenters. The molecule has 2 aromatic rings. The van der Waals surface area contributed by atoms with E-state index < -0.39 is 0 Å². The summed E-state index contributed by atoms with van der Waals surface area (Å²) in [6.45, 7) is 0.382. The van der Waals surface area contributed by atoms with Crippen LogP contribution in [0.25, 0.3) is 0 Å². The fraction of sp³-hybridized carbons (Fsp3) is 0.312. The van der Waals surface area contributed by atoms with Crippen LogP contribution < -0.4 is 10.1 Å². The van der Waals surface area contributed by atoms with E-state index in [1.165, 1.54) is 0 Å². The van der Waals surface area contributed by atoms with Gasteiger partial charge in [-0.15, -0.1) is 0 Å². The number of aromatic nitrogens is 2. The van der Waals surface area contributed by atoms with E-state index in [1.807, 2.05) is 30.0 Å². The minimum Gasteiger partial charge on any atom is -0.473 e. The second-order valence-corrected chi connectivity index (χ2v) is 6.11. The van der Waals surface area contributed by atoms with E-state index in [0.29, 0.717) is 18.0 Å². The molecule has 6 heteroatoms. The third-order valence-electron chi connectivity index (χ3n) is 3.34. The van der Waals surface area contributed by atoms with Crippen molar-refractivity contribution in [2.45, 2.75) is 19.1 Å². The summed E-state index contributed by atoms with van der Waals surface area (Å²) in [4.78, 5) is 20.7. The summed E-state index contributed by atoms with van der Waals surface area (Å²) in [5.41, 5.74) is 1.28. The van der Waals surface area contributed by atoms with Gasteiger partial charge in [0.05, 0.1) is 12.2 Å². The van der Waals surface area contributed by atoms with E-state index in [9.17, 15) is 4.79 Å². The van der Waals surface area contributed by atoms with Crippen molar-refractivity contribution in [1.29, 1.82) is 0 Å². The number of carbonyl (C=O) groups is 1. The van der Waals surface area contributed by atoms with Gasteiger partial charge in [0.1, 0.15) is 11.7 Å². The van der Waals surface area contributed by atoms with Crippen LogP contribution in [-0.4, -0.2) is 33.5 Å². The smallest absolute Gasteiger partial charge is 0.257 e. The number of thioether (sulfide) groups is 1. The minimum absolute atomic E-state index is 0.141. The van der Waals surface area contributed by atoms with Crippen LogP contribution in [0.5, 0.6) is 5.88 Å². The minimum atomic E-state index is -0.195. The SMILES string of the molecule is O=C(NCc1ccccn1)c1cccnc1O[C@@H]1CCSC1. The van der Waals surface area contributed by atoms with E-state index in [4.69, 9.17) is 4.74 Å². The van der Waals surface area contributed by atoms with Crippen LogP contribution in [0.3, 0.4) is 0 Å². The number of amides is 1. The number of ether oxygens (including phenoxy) is 1. The van der Waals surface area contributed by atoms with Gasteiger partial charge in [-0.2, -0.15) is 11.8 Å². The average Bonchev–Trinajstić information content (AvgIpc) is 3.07. The van der Waals surface area contributed by atoms with E-state index in [2.05, 4.69) is 15.3 Å². The van der Waals surface area contributed by atoms with Gasteiger partial charge in [0.25, 0.3) is 5.91 Å². The van der Waals surface area contributed by atoms with Gasteiger partial charge in [-0.05, 0) is 36.4 Å². The molecule has 0 saturated carbocycles. The van der Waals surface area contributed by atoms with Crippen LogP contribution in [0.1, 0.15) is 22.5 Å². The van der Waals surface area contributed by atoms with Crippen LogP contribution in [-0.2, 0) is 6.54 Å². The molecule has 1 fully saturated rings. The van der Waals surface area contributed by atoms with Gasteiger partial charge in [-0.1, -0.05) is 6.07 Å². The van der Waals surface area contributed by atoms with Crippen LogP contribution in [0.2, 0.25) is 0 Å². The van der Waals surface area contributed by atoms with E-state index in [1.54, 1.807) is 24.5 Å². The Bertz CT molecular complexity index is 630. The largest absolute Gasteiger partial charge is 0.473 e. The maximum Gasteiger partial charge on any atom is 0.257 e. The summed E-state index contributed by atoms with van der Waals surface area (Å²) in [5, 5.41) is 2.85. The first kappa shape index (κ1) is 14.8. The fourth-order valence-corrected chi connectivity index (χ4v) is 3.28. The molecule has 0 bridgehead atoms. The first-order chi connectivity index (χ1) is 10.8. The molecule has 1 N–H and O–H groups in total. The third-order valence-corrected chi connectivity index (χ3v) is 4.47. The van der Waals surface area contributed by atoms with Gasteiger partial charge in [0.15, 0.2) is 0 Å². The summed E-state index contributed by atoms with van der Waals surface area (Å²) < 4.78 is 5.87. The van der Waals surface area contributed by atoms with Crippen molar-refractivity contribution < 1.29 is 9.53 Å². The van der Waals surface area contributed by atoms with E-state index in [-0.39, 0.29) is 12.0 Å². The number of nitrogens with one attached hydrogen (secondary N) is 1.